The van der Waals surface area contributed by atoms with Crippen LogP contribution in [-0.2, 0) is 4.74 Å². The summed E-state index contributed by atoms with van der Waals surface area (Å²) in [5, 5.41) is 2.53. The van der Waals surface area contributed by atoms with E-state index in [1.54, 1.807) is 20.8 Å². The van der Waals surface area contributed by atoms with Crippen LogP contribution in [0.15, 0.2) is 42.5 Å². The van der Waals surface area contributed by atoms with E-state index in [-0.39, 0.29) is 22.1 Å². The molecule has 0 unspecified atom stereocenters. The Morgan fingerprint density at radius 1 is 1.16 bits per heavy atom. The summed E-state index contributed by atoms with van der Waals surface area (Å²) in [4.78, 5) is 35.0. The zero-order valence-electron chi connectivity index (χ0n) is 18.4. The van der Waals surface area contributed by atoms with Gasteiger partial charge in [-0.3, -0.25) is 4.79 Å². The number of benzene rings is 2. The van der Waals surface area contributed by atoms with E-state index in [0.29, 0.717) is 5.82 Å². The van der Waals surface area contributed by atoms with Gasteiger partial charge in [-0.05, 0) is 51.1 Å². The Morgan fingerprint density at radius 2 is 1.84 bits per heavy atom. The van der Waals surface area contributed by atoms with Crippen LogP contribution in [0.5, 0.6) is 0 Å². The van der Waals surface area contributed by atoms with Gasteiger partial charge in [-0.2, -0.15) is 0 Å². The van der Waals surface area contributed by atoms with Crippen molar-refractivity contribution in [1.29, 1.82) is 0 Å². The van der Waals surface area contributed by atoms with Crippen molar-refractivity contribution >= 4 is 35.0 Å². The predicted octanol–water partition coefficient (Wildman–Crippen LogP) is 5.14. The number of nitrogens with zero attached hydrogens (tertiary/aromatic N) is 2. The second kappa shape index (κ2) is 9.00. The van der Waals surface area contributed by atoms with Gasteiger partial charge in [0.1, 0.15) is 17.2 Å². The van der Waals surface area contributed by atoms with Crippen molar-refractivity contribution in [3.63, 3.8) is 0 Å². The van der Waals surface area contributed by atoms with Crippen molar-refractivity contribution in [3.8, 4) is 11.4 Å². The molecule has 0 fully saturated rings. The highest BCUT2D eigenvalue weighted by Crippen LogP contribution is 2.31. The van der Waals surface area contributed by atoms with Crippen LogP contribution in [0.3, 0.4) is 0 Å². The predicted molar refractivity (Wildman–Crippen MR) is 123 cm³/mol. The second-order valence-corrected chi connectivity index (χ2v) is 8.71. The third kappa shape index (κ3) is 5.26. The molecule has 2 N–H and O–H groups in total. The van der Waals surface area contributed by atoms with Gasteiger partial charge in [0.25, 0.3) is 5.91 Å². The molecule has 0 saturated carbocycles. The molecule has 0 aliphatic rings. The van der Waals surface area contributed by atoms with E-state index in [2.05, 4.69) is 15.3 Å². The second-order valence-electron chi connectivity index (χ2n) is 8.30. The van der Waals surface area contributed by atoms with Gasteiger partial charge in [-0.15, -0.1) is 0 Å². The normalized spacial score (nSPS) is 11.2. The fourth-order valence-corrected chi connectivity index (χ4v) is 3.23. The highest BCUT2D eigenvalue weighted by atomic mass is 35.5. The summed E-state index contributed by atoms with van der Waals surface area (Å²) in [6.07, 6.45) is 0. The van der Waals surface area contributed by atoms with Crippen molar-refractivity contribution in [2.75, 3.05) is 24.3 Å². The quantitative estimate of drug-likeness (QED) is 0.517. The highest BCUT2D eigenvalue weighted by Gasteiger charge is 2.26. The number of aromatic amines is 1. The van der Waals surface area contributed by atoms with Crippen LogP contribution < -0.4 is 10.2 Å². The van der Waals surface area contributed by atoms with Crippen molar-refractivity contribution in [3.05, 3.63) is 64.6 Å². The number of hydrogen-bond donors (Lipinski definition) is 2. The third-order valence-electron chi connectivity index (χ3n) is 4.36. The smallest absolute Gasteiger partial charge is 0.359 e. The molecular weight excluding hydrogens is 435 g/mol. The minimum Gasteiger partial charge on any atom is -0.455 e. The minimum atomic E-state index is -0.758. The molecule has 1 heterocycles. The van der Waals surface area contributed by atoms with E-state index in [4.69, 9.17) is 16.3 Å². The number of halogens is 2. The number of aromatic nitrogens is 2. The largest absolute Gasteiger partial charge is 0.455 e. The molecule has 7 nitrogen and oxygen atoms in total. The molecule has 0 spiro atoms. The summed E-state index contributed by atoms with van der Waals surface area (Å²) in [6, 6.07) is 10.9. The Kier molecular flexibility index (Phi) is 6.55. The van der Waals surface area contributed by atoms with Gasteiger partial charge in [0, 0.05) is 25.3 Å². The number of ether oxygens (including phenoxy) is 1. The molecule has 3 aromatic rings. The summed E-state index contributed by atoms with van der Waals surface area (Å²) in [5.41, 5.74) is 0.849. The molecule has 0 atom stereocenters. The Labute approximate surface area is 190 Å². The number of rotatable bonds is 5. The lowest BCUT2D eigenvalue weighted by Crippen LogP contribution is -2.25. The van der Waals surface area contributed by atoms with E-state index in [1.807, 2.05) is 43.3 Å². The Balaban J connectivity index is 2.05. The average molecular weight is 459 g/mol. The molecule has 9 heteroatoms. The number of nitrogens with one attached hydrogen (secondary N) is 2. The Hall–Kier alpha value is -3.39. The number of imidazole rings is 1. The summed E-state index contributed by atoms with van der Waals surface area (Å²) in [5.74, 6) is -1.54. The lowest BCUT2D eigenvalue weighted by Gasteiger charge is -2.19. The number of anilines is 2. The number of carbonyl (C=O) groups excluding carboxylic acids is 2. The van der Waals surface area contributed by atoms with Gasteiger partial charge in [-0.1, -0.05) is 23.7 Å². The first kappa shape index (κ1) is 23.3. The first-order chi connectivity index (χ1) is 15.0. The van der Waals surface area contributed by atoms with E-state index in [1.165, 1.54) is 6.07 Å². The summed E-state index contributed by atoms with van der Waals surface area (Å²) in [7, 11) is 3.77. The number of esters is 1. The van der Waals surface area contributed by atoms with Crippen LogP contribution in [0.4, 0.5) is 15.9 Å². The first-order valence-electron chi connectivity index (χ1n) is 9.83. The number of H-pyrrole nitrogens is 1. The summed E-state index contributed by atoms with van der Waals surface area (Å²) >= 11 is 6.01. The summed E-state index contributed by atoms with van der Waals surface area (Å²) in [6.45, 7) is 5.21. The number of para-hydroxylation sites is 1. The topological polar surface area (TPSA) is 87.3 Å². The van der Waals surface area contributed by atoms with Gasteiger partial charge in [0.15, 0.2) is 11.5 Å². The molecule has 0 bridgehead atoms. The van der Waals surface area contributed by atoms with Gasteiger partial charge < -0.3 is 19.9 Å². The Bertz CT molecular complexity index is 1170. The molecule has 0 aliphatic carbocycles. The maximum atomic E-state index is 13.4. The minimum absolute atomic E-state index is 0.0185. The third-order valence-corrected chi connectivity index (χ3v) is 4.67. The van der Waals surface area contributed by atoms with Gasteiger partial charge in [0.2, 0.25) is 0 Å². The van der Waals surface area contributed by atoms with Crippen molar-refractivity contribution in [1.82, 2.24) is 9.97 Å². The zero-order chi connectivity index (χ0) is 23.6. The lowest BCUT2D eigenvalue weighted by atomic mass is 10.1. The highest BCUT2D eigenvalue weighted by molar-refractivity contribution is 6.34. The van der Waals surface area contributed by atoms with E-state index < -0.39 is 23.3 Å². The van der Waals surface area contributed by atoms with Crippen LogP contribution >= 0.6 is 11.6 Å². The maximum Gasteiger partial charge on any atom is 0.359 e. The molecule has 3 rings (SSSR count). The van der Waals surface area contributed by atoms with E-state index >= 15 is 0 Å². The molecule has 0 aliphatic heterocycles. The molecular formula is C23H24ClFN4O3. The van der Waals surface area contributed by atoms with Crippen molar-refractivity contribution in [2.24, 2.45) is 0 Å². The molecule has 168 valence electrons. The van der Waals surface area contributed by atoms with Crippen LogP contribution in [0.2, 0.25) is 5.02 Å². The van der Waals surface area contributed by atoms with E-state index in [9.17, 15) is 14.0 Å². The molecule has 1 amide bonds. The van der Waals surface area contributed by atoms with E-state index in [0.717, 1.165) is 23.4 Å². The number of amides is 1. The molecule has 0 radical (unpaired) electrons. The zero-order valence-corrected chi connectivity index (χ0v) is 19.2. The monoisotopic (exact) mass is 458 g/mol. The average Bonchev–Trinajstić information content (AvgIpc) is 3.10. The van der Waals surface area contributed by atoms with Gasteiger partial charge in [-0.25, -0.2) is 14.2 Å². The van der Waals surface area contributed by atoms with Gasteiger partial charge >= 0.3 is 5.97 Å². The number of hydrogen-bond acceptors (Lipinski definition) is 5. The lowest BCUT2D eigenvalue weighted by molar-refractivity contribution is 0.00648. The fraction of sp³-hybridized carbons (Fsp3) is 0.261. The first-order valence-corrected chi connectivity index (χ1v) is 10.2. The maximum absolute atomic E-state index is 13.4. The van der Waals surface area contributed by atoms with Crippen molar-refractivity contribution < 1.29 is 18.7 Å². The van der Waals surface area contributed by atoms with Crippen LogP contribution in [0.1, 0.15) is 41.6 Å². The fourth-order valence-electron chi connectivity index (χ4n) is 2.98. The van der Waals surface area contributed by atoms with Crippen LogP contribution in [0, 0.1) is 5.82 Å². The molecule has 1 aromatic heterocycles. The summed E-state index contributed by atoms with van der Waals surface area (Å²) < 4.78 is 18.8. The number of carbonyl (C=O) groups is 2. The van der Waals surface area contributed by atoms with Crippen molar-refractivity contribution in [2.45, 2.75) is 26.4 Å². The van der Waals surface area contributed by atoms with Crippen LogP contribution in [0.25, 0.3) is 11.4 Å². The Morgan fingerprint density at radius 3 is 2.47 bits per heavy atom. The SMILES string of the molecule is CN(C)c1ccccc1-c1nc(NC(=O)c2ccc(F)cc2Cl)c(C(=O)OC(C)(C)C)[nH]1. The standard InChI is InChI=1S/C23H24ClFN4O3/c1-23(2,3)32-22(31)18-20(28-21(30)14-11-10-13(25)12-16(14)24)27-19(26-18)15-8-6-7-9-17(15)29(4)5/h6-12H,1-5H3,(H,26,27)(H,28,30). The molecule has 32 heavy (non-hydrogen) atoms. The van der Waals surface area contributed by atoms with Crippen LogP contribution in [-0.4, -0.2) is 41.5 Å². The van der Waals surface area contributed by atoms with Gasteiger partial charge in [0.05, 0.1) is 10.6 Å². The molecule has 0 saturated heterocycles. The molecule has 2 aromatic carbocycles.